The number of rotatable bonds is 4. The molecule has 0 radical (unpaired) electrons. The molecule has 0 aromatic carbocycles. The summed E-state index contributed by atoms with van der Waals surface area (Å²) in [5.74, 6) is -2.02. The zero-order valence-electron chi connectivity index (χ0n) is 6.67. The Morgan fingerprint density at radius 1 is 1.27 bits per heavy atom. The van der Waals surface area contributed by atoms with Crippen molar-refractivity contribution in [1.29, 1.82) is 0 Å². The Morgan fingerprint density at radius 2 is 1.87 bits per heavy atom. The van der Waals surface area contributed by atoms with Crippen molar-refractivity contribution >= 4 is 5.82 Å². The van der Waals surface area contributed by atoms with Gasteiger partial charge in [-0.1, -0.05) is 0 Å². The highest BCUT2D eigenvalue weighted by molar-refractivity contribution is 5.36. The largest absolute Gasteiger partial charge is 0.424 e. The van der Waals surface area contributed by atoms with Crippen LogP contribution < -0.4 is 4.84 Å². The van der Waals surface area contributed by atoms with Crippen LogP contribution in [0.15, 0.2) is 6.20 Å². The molecule has 1 rings (SSSR count). The van der Waals surface area contributed by atoms with Crippen LogP contribution in [0.4, 0.5) is 5.82 Å². The quantitative estimate of drug-likeness (QED) is 0.479. The van der Waals surface area contributed by atoms with E-state index in [-0.39, 0.29) is 4.79 Å². The summed E-state index contributed by atoms with van der Waals surface area (Å²) in [5.41, 5.74) is 0. The van der Waals surface area contributed by atoms with Gasteiger partial charge < -0.3 is 20.2 Å². The van der Waals surface area contributed by atoms with E-state index in [4.69, 9.17) is 0 Å². The Kier molecular flexibility index (Phi) is 2.42. The first-order valence-electron chi connectivity index (χ1n) is 3.13. The van der Waals surface area contributed by atoms with Crippen LogP contribution in [0, 0.1) is 30.3 Å². The second-order valence-electron chi connectivity index (χ2n) is 2.05. The van der Waals surface area contributed by atoms with Crippen LogP contribution in [0.3, 0.4) is 0 Å². The topological polar surface area (TPSA) is 156 Å². The molecular formula is C3HN5O7. The maximum Gasteiger partial charge on any atom is 0.424 e. The van der Waals surface area contributed by atoms with Gasteiger partial charge in [0.05, 0.1) is 5.03 Å². The molecule has 0 saturated carbocycles. The number of hydrogen-bond donors (Lipinski definition) is 0. The number of nitro groups is 2. The predicted molar refractivity (Wildman–Crippen MR) is 38.9 cm³/mol. The van der Waals surface area contributed by atoms with E-state index in [1.165, 1.54) is 0 Å². The maximum absolute atomic E-state index is 10.2. The molecule has 12 heteroatoms. The van der Waals surface area contributed by atoms with Crippen molar-refractivity contribution in [1.82, 2.24) is 9.89 Å². The van der Waals surface area contributed by atoms with Gasteiger partial charge in [0.25, 0.3) is 5.09 Å². The predicted octanol–water partition coefficient (Wildman–Crippen LogP) is -0.598. The molecule has 0 spiro atoms. The van der Waals surface area contributed by atoms with Crippen LogP contribution in [-0.4, -0.2) is 24.9 Å². The van der Waals surface area contributed by atoms with E-state index >= 15 is 0 Å². The van der Waals surface area contributed by atoms with E-state index in [1.54, 1.807) is 0 Å². The Balaban J connectivity index is 3.17. The average molecular weight is 219 g/mol. The third-order valence-electron chi connectivity index (χ3n) is 1.16. The fourth-order valence-corrected chi connectivity index (χ4v) is 0.693. The first-order chi connectivity index (χ1) is 6.91. The van der Waals surface area contributed by atoms with E-state index in [9.17, 15) is 30.3 Å². The first kappa shape index (κ1) is 10.3. The minimum atomic E-state index is -1.34. The molecule has 0 saturated heterocycles. The van der Waals surface area contributed by atoms with Gasteiger partial charge in [-0.25, -0.2) is 0 Å². The van der Waals surface area contributed by atoms with E-state index in [0.29, 0.717) is 6.20 Å². The molecule has 0 aliphatic carbocycles. The molecule has 1 aromatic heterocycles. The maximum atomic E-state index is 10.2. The fraction of sp³-hybridized carbons (Fsp3) is 0. The second-order valence-corrected chi connectivity index (χ2v) is 2.05. The first-order valence-corrected chi connectivity index (χ1v) is 3.13. The molecule has 1 heterocycles. The summed E-state index contributed by atoms with van der Waals surface area (Å²) in [7, 11) is 0. The van der Waals surface area contributed by atoms with Crippen LogP contribution in [0.25, 0.3) is 0 Å². The third-order valence-corrected chi connectivity index (χ3v) is 1.16. The molecule has 0 N–H and O–H groups in total. The normalized spacial score (nSPS) is 9.60. The fourth-order valence-electron chi connectivity index (χ4n) is 0.693. The molecular weight excluding hydrogens is 218 g/mol. The van der Waals surface area contributed by atoms with Crippen molar-refractivity contribution in [3.63, 3.8) is 0 Å². The number of nitrogens with zero attached hydrogens (tertiary/aromatic N) is 5. The van der Waals surface area contributed by atoms with Crippen LogP contribution in [0.1, 0.15) is 0 Å². The van der Waals surface area contributed by atoms with Gasteiger partial charge >= 0.3 is 5.82 Å². The molecule has 1 aromatic rings. The lowest BCUT2D eigenvalue weighted by Crippen LogP contribution is -2.08. The Labute approximate surface area is 79.0 Å². The van der Waals surface area contributed by atoms with Gasteiger partial charge in [-0.15, -0.1) is 10.1 Å². The lowest BCUT2D eigenvalue weighted by Gasteiger charge is -1.91. The third kappa shape index (κ3) is 2.11. The molecule has 0 bridgehead atoms. The Bertz CT molecular complexity index is 436. The van der Waals surface area contributed by atoms with E-state index in [0.717, 1.165) is 0 Å². The Hall–Kier alpha value is -2.79. The molecule has 0 aliphatic heterocycles. The van der Waals surface area contributed by atoms with Crippen molar-refractivity contribution in [3.05, 3.63) is 36.5 Å². The zero-order chi connectivity index (χ0) is 11.6. The standard InChI is InChI=1S/C3HN5O7/c9-6(10)3-2(15-8(13)14)1-5(4-3)7(11)12/h1H. The van der Waals surface area contributed by atoms with E-state index < -0.39 is 26.6 Å². The number of aromatic nitrogens is 2. The summed E-state index contributed by atoms with van der Waals surface area (Å²) in [6.07, 6.45) is 0.418. The van der Waals surface area contributed by atoms with Crippen molar-refractivity contribution in [2.24, 2.45) is 0 Å². The van der Waals surface area contributed by atoms with Gasteiger partial charge in [0.2, 0.25) is 5.75 Å². The average Bonchev–Trinajstić information content (AvgIpc) is 2.46. The molecule has 12 nitrogen and oxygen atoms in total. The van der Waals surface area contributed by atoms with Gasteiger partial charge in [-0.3, -0.25) is 4.84 Å². The van der Waals surface area contributed by atoms with Gasteiger partial charge in [-0.2, -0.15) is 0 Å². The summed E-state index contributed by atoms with van der Waals surface area (Å²) in [4.78, 5) is 32.8. The summed E-state index contributed by atoms with van der Waals surface area (Å²) >= 11 is 0. The Morgan fingerprint density at radius 3 is 2.27 bits per heavy atom. The summed E-state index contributed by atoms with van der Waals surface area (Å²) in [6.45, 7) is 0. The van der Waals surface area contributed by atoms with Crippen molar-refractivity contribution < 1.29 is 19.9 Å². The zero-order valence-corrected chi connectivity index (χ0v) is 6.67. The van der Waals surface area contributed by atoms with E-state index in [2.05, 4.69) is 9.94 Å². The highest BCUT2D eigenvalue weighted by atomic mass is 17.0. The minimum Gasteiger partial charge on any atom is -0.358 e. The van der Waals surface area contributed by atoms with Gasteiger partial charge in [0, 0.05) is 4.79 Å². The molecule has 0 amide bonds. The highest BCUT2D eigenvalue weighted by Gasteiger charge is 2.26. The van der Waals surface area contributed by atoms with Crippen molar-refractivity contribution in [3.8, 4) is 5.75 Å². The molecule has 0 aliphatic rings. The van der Waals surface area contributed by atoms with Gasteiger partial charge in [0.1, 0.15) is 11.3 Å². The summed E-state index contributed by atoms with van der Waals surface area (Å²) < 4.78 is 0. The van der Waals surface area contributed by atoms with Crippen LogP contribution in [0.2, 0.25) is 0 Å². The molecule has 80 valence electrons. The monoisotopic (exact) mass is 219 g/mol. The van der Waals surface area contributed by atoms with E-state index in [1.807, 2.05) is 0 Å². The van der Waals surface area contributed by atoms with Crippen LogP contribution in [0.5, 0.6) is 5.75 Å². The lowest BCUT2D eigenvalue weighted by atomic mass is 10.6. The smallest absolute Gasteiger partial charge is 0.358 e. The minimum absolute atomic E-state index is 0.0586. The van der Waals surface area contributed by atoms with Crippen molar-refractivity contribution in [2.45, 2.75) is 0 Å². The molecule has 15 heavy (non-hydrogen) atoms. The second kappa shape index (κ2) is 3.52. The molecule has 0 atom stereocenters. The van der Waals surface area contributed by atoms with Crippen LogP contribution in [-0.2, 0) is 0 Å². The summed E-state index contributed by atoms with van der Waals surface area (Å²) in [5, 5.41) is 30.7. The lowest BCUT2D eigenvalue weighted by molar-refractivity contribution is -0.712. The highest BCUT2D eigenvalue weighted by Crippen LogP contribution is 2.24. The molecule has 0 unspecified atom stereocenters. The summed E-state index contributed by atoms with van der Waals surface area (Å²) in [6, 6.07) is 0. The van der Waals surface area contributed by atoms with Gasteiger partial charge in [-0.05, 0) is 4.92 Å². The van der Waals surface area contributed by atoms with Crippen LogP contribution >= 0.6 is 0 Å². The van der Waals surface area contributed by atoms with Crippen molar-refractivity contribution in [2.75, 3.05) is 0 Å². The molecule has 0 fully saturated rings. The van der Waals surface area contributed by atoms with Gasteiger partial charge in [0.15, 0.2) is 0 Å². The number of hydrogen-bond acceptors (Lipinski definition) is 8. The SMILES string of the molecule is O=[N+]([O-])Oc1cn([N+](=O)[O-])nc1[N+](=O)[O-].